The molecule has 2 aromatic carbocycles. The van der Waals surface area contributed by atoms with E-state index in [0.717, 1.165) is 11.0 Å². The molecule has 0 radical (unpaired) electrons. The van der Waals surface area contributed by atoms with Crippen LogP contribution in [0.3, 0.4) is 0 Å². The van der Waals surface area contributed by atoms with E-state index in [1.54, 1.807) is 0 Å². The van der Waals surface area contributed by atoms with Gasteiger partial charge in [-0.3, -0.25) is 0 Å². The van der Waals surface area contributed by atoms with Crippen molar-refractivity contribution in [2.45, 2.75) is 13.5 Å². The Labute approximate surface area is 121 Å². The molecule has 1 aromatic heterocycles. The van der Waals surface area contributed by atoms with Gasteiger partial charge in [0, 0.05) is 47.1 Å². The summed E-state index contributed by atoms with van der Waals surface area (Å²) in [6.07, 6.45) is 0. The van der Waals surface area contributed by atoms with Crippen molar-refractivity contribution in [3.8, 4) is 0 Å². The van der Waals surface area contributed by atoms with Crippen LogP contribution in [0.5, 0.6) is 0 Å². The van der Waals surface area contributed by atoms with Crippen LogP contribution in [0, 0.1) is 0 Å². The highest BCUT2D eigenvalue weighted by Gasteiger charge is 2.10. The van der Waals surface area contributed by atoms with Crippen LogP contribution in [0.25, 0.3) is 21.8 Å². The van der Waals surface area contributed by atoms with Crippen LogP contribution in [0.4, 0.5) is 5.69 Å². The van der Waals surface area contributed by atoms with Gasteiger partial charge in [-0.05, 0) is 37.3 Å². The molecule has 0 bridgehead atoms. The number of benzene rings is 2. The van der Waals surface area contributed by atoms with Crippen molar-refractivity contribution in [2.24, 2.45) is 0 Å². The molecule has 0 saturated carbocycles. The van der Waals surface area contributed by atoms with Gasteiger partial charge in [0.1, 0.15) is 0 Å². The summed E-state index contributed by atoms with van der Waals surface area (Å²) in [6, 6.07) is 13.2. The molecule has 0 atom stereocenters. The largest absolute Gasteiger partial charge is 0.378 e. The van der Waals surface area contributed by atoms with Crippen molar-refractivity contribution in [3.05, 3.63) is 40.9 Å². The van der Waals surface area contributed by atoms with Crippen molar-refractivity contribution in [3.63, 3.8) is 0 Å². The predicted octanol–water partition coefficient (Wildman–Crippen LogP) is 4.64. The Morgan fingerprint density at radius 2 is 1.79 bits per heavy atom. The second-order valence-electron chi connectivity index (χ2n) is 5.00. The van der Waals surface area contributed by atoms with E-state index in [1.807, 2.05) is 0 Å². The number of rotatable bonds is 2. The van der Waals surface area contributed by atoms with Gasteiger partial charge >= 0.3 is 0 Å². The lowest BCUT2D eigenvalue weighted by molar-refractivity contribution is 0.827. The average Bonchev–Trinajstić information content (AvgIpc) is 2.70. The number of anilines is 1. The van der Waals surface area contributed by atoms with Gasteiger partial charge in [0.05, 0.1) is 5.52 Å². The lowest BCUT2D eigenvalue weighted by atomic mass is 10.1. The summed E-state index contributed by atoms with van der Waals surface area (Å²) >= 11 is 3.57. The molecule has 3 aromatic rings. The van der Waals surface area contributed by atoms with Gasteiger partial charge in [0.2, 0.25) is 0 Å². The normalized spacial score (nSPS) is 11.4. The van der Waals surface area contributed by atoms with Crippen LogP contribution < -0.4 is 4.90 Å². The molecule has 1 heterocycles. The molecular weight excluding hydrogens is 300 g/mol. The summed E-state index contributed by atoms with van der Waals surface area (Å²) in [6.45, 7) is 3.18. The molecular formula is C16H17BrN2. The number of fused-ring (bicyclic) bond motifs is 3. The van der Waals surface area contributed by atoms with Crippen molar-refractivity contribution in [1.29, 1.82) is 0 Å². The SMILES string of the molecule is CCn1c2ccc(Br)cc2c2ccc(N(C)C)cc21. The zero-order valence-corrected chi connectivity index (χ0v) is 13.0. The minimum atomic E-state index is 0.985. The highest BCUT2D eigenvalue weighted by atomic mass is 79.9. The first-order valence-corrected chi connectivity index (χ1v) is 7.30. The Morgan fingerprint density at radius 1 is 1.00 bits per heavy atom. The monoisotopic (exact) mass is 316 g/mol. The molecule has 0 aliphatic rings. The highest BCUT2D eigenvalue weighted by Crippen LogP contribution is 2.33. The molecule has 3 heteroatoms. The number of aryl methyl sites for hydroxylation is 1. The highest BCUT2D eigenvalue weighted by molar-refractivity contribution is 9.10. The van der Waals surface area contributed by atoms with Crippen LogP contribution in [0.1, 0.15) is 6.92 Å². The smallest absolute Gasteiger partial charge is 0.0512 e. The topological polar surface area (TPSA) is 8.17 Å². The van der Waals surface area contributed by atoms with Gasteiger partial charge < -0.3 is 9.47 Å². The zero-order chi connectivity index (χ0) is 13.6. The lowest BCUT2D eigenvalue weighted by Gasteiger charge is -2.13. The summed E-state index contributed by atoms with van der Waals surface area (Å²) in [4.78, 5) is 2.15. The third-order valence-corrected chi connectivity index (χ3v) is 4.14. The second-order valence-corrected chi connectivity index (χ2v) is 5.92. The fraction of sp³-hybridized carbons (Fsp3) is 0.250. The van der Waals surface area contributed by atoms with Crippen LogP contribution >= 0.6 is 15.9 Å². The third-order valence-electron chi connectivity index (χ3n) is 3.64. The minimum absolute atomic E-state index is 0.985. The minimum Gasteiger partial charge on any atom is -0.378 e. The first kappa shape index (κ1) is 12.5. The van der Waals surface area contributed by atoms with Crippen LogP contribution in [-0.2, 0) is 6.54 Å². The zero-order valence-electron chi connectivity index (χ0n) is 11.4. The van der Waals surface area contributed by atoms with Gasteiger partial charge in [0.15, 0.2) is 0 Å². The van der Waals surface area contributed by atoms with Crippen LogP contribution in [0.2, 0.25) is 0 Å². The molecule has 3 rings (SSSR count). The molecule has 19 heavy (non-hydrogen) atoms. The Morgan fingerprint density at radius 3 is 2.47 bits per heavy atom. The number of halogens is 1. The Kier molecular flexibility index (Phi) is 3.02. The first-order chi connectivity index (χ1) is 9.11. The standard InChI is InChI=1S/C16H17BrN2/c1-4-19-15-8-5-11(17)9-14(15)13-7-6-12(18(2)3)10-16(13)19/h5-10H,4H2,1-3H3. The Bertz CT molecular complexity index is 756. The van der Waals surface area contributed by atoms with Crippen LogP contribution in [0.15, 0.2) is 40.9 Å². The van der Waals surface area contributed by atoms with E-state index >= 15 is 0 Å². The maximum atomic E-state index is 3.57. The van der Waals surface area contributed by atoms with Crippen molar-refractivity contribution in [2.75, 3.05) is 19.0 Å². The fourth-order valence-corrected chi connectivity index (χ4v) is 3.04. The molecule has 0 N–H and O–H groups in total. The van der Waals surface area contributed by atoms with E-state index in [4.69, 9.17) is 0 Å². The van der Waals surface area contributed by atoms with Gasteiger partial charge in [0.25, 0.3) is 0 Å². The summed E-state index contributed by atoms with van der Waals surface area (Å²) < 4.78 is 3.51. The second kappa shape index (κ2) is 4.57. The van der Waals surface area contributed by atoms with E-state index in [-0.39, 0.29) is 0 Å². The third kappa shape index (κ3) is 1.93. The Balaban J connectivity index is 2.44. The number of nitrogens with zero attached hydrogens (tertiary/aromatic N) is 2. The molecule has 0 amide bonds. The number of aromatic nitrogens is 1. The molecule has 2 nitrogen and oxygen atoms in total. The molecule has 98 valence electrons. The molecule has 0 aliphatic carbocycles. The molecule has 0 saturated heterocycles. The van der Waals surface area contributed by atoms with Crippen molar-refractivity contribution >= 4 is 43.4 Å². The quantitative estimate of drug-likeness (QED) is 0.668. The average molecular weight is 317 g/mol. The van der Waals surface area contributed by atoms with E-state index in [0.29, 0.717) is 0 Å². The number of hydrogen-bond donors (Lipinski definition) is 0. The Hall–Kier alpha value is -1.48. The van der Waals surface area contributed by atoms with Crippen LogP contribution in [-0.4, -0.2) is 18.7 Å². The summed E-state index contributed by atoms with van der Waals surface area (Å²) in [5.74, 6) is 0. The molecule has 0 unspecified atom stereocenters. The molecule has 0 aliphatic heterocycles. The van der Waals surface area contributed by atoms with Gasteiger partial charge in [-0.2, -0.15) is 0 Å². The molecule has 0 spiro atoms. The van der Waals surface area contributed by atoms with Crippen molar-refractivity contribution in [1.82, 2.24) is 4.57 Å². The maximum Gasteiger partial charge on any atom is 0.0512 e. The fourth-order valence-electron chi connectivity index (χ4n) is 2.68. The van der Waals surface area contributed by atoms with E-state index < -0.39 is 0 Å². The maximum absolute atomic E-state index is 3.57. The molecule has 0 fully saturated rings. The lowest BCUT2D eigenvalue weighted by Crippen LogP contribution is -2.08. The van der Waals surface area contributed by atoms with Gasteiger partial charge in [-0.1, -0.05) is 22.0 Å². The summed E-state index contributed by atoms with van der Waals surface area (Å²) in [5, 5.41) is 2.64. The predicted molar refractivity (Wildman–Crippen MR) is 87.1 cm³/mol. The number of hydrogen-bond acceptors (Lipinski definition) is 1. The van der Waals surface area contributed by atoms with Gasteiger partial charge in [-0.25, -0.2) is 0 Å². The van der Waals surface area contributed by atoms with E-state index in [1.165, 1.54) is 27.5 Å². The summed E-state index contributed by atoms with van der Waals surface area (Å²) in [7, 11) is 4.16. The van der Waals surface area contributed by atoms with Gasteiger partial charge in [-0.15, -0.1) is 0 Å². The van der Waals surface area contributed by atoms with E-state index in [2.05, 4.69) is 82.8 Å². The van der Waals surface area contributed by atoms with Crippen molar-refractivity contribution < 1.29 is 0 Å². The van der Waals surface area contributed by atoms with E-state index in [9.17, 15) is 0 Å². The first-order valence-electron chi connectivity index (χ1n) is 6.50. The summed E-state index contributed by atoms with van der Waals surface area (Å²) in [5.41, 5.74) is 3.85.